The molecule has 13 heteroatoms. The standard InChI is InChI=1S/C34H42F6N2O5/c1-6-8-9-13-24-21-26(32(45,33(35,36)37)34(38,39)40)20-23(12-7-2)28(24)46-19-11-10-18-42-29(43)31(5,41-30(42)44)25-14-16-27(17-15-25)47-22(3)4/h9,13-17,20-22,45H,6-8,10-12,18-19H2,1-5H3,(H,41,44)/b13-9+. The molecule has 3 amide bonds. The molecule has 47 heavy (non-hydrogen) atoms. The Labute approximate surface area is 270 Å². The first kappa shape index (κ1) is 37.7. The second kappa shape index (κ2) is 15.0. The molecule has 2 aromatic rings. The molecule has 0 bridgehead atoms. The number of ether oxygens (including phenoxy) is 2. The molecule has 3 rings (SSSR count). The van der Waals surface area contributed by atoms with E-state index in [0.717, 1.165) is 4.90 Å². The number of imide groups is 1. The lowest BCUT2D eigenvalue weighted by atomic mass is 9.88. The van der Waals surface area contributed by atoms with E-state index < -0.39 is 41.0 Å². The Morgan fingerprint density at radius 3 is 2.17 bits per heavy atom. The van der Waals surface area contributed by atoms with Crippen LogP contribution in [-0.4, -0.2) is 53.6 Å². The third-order valence-corrected chi connectivity index (χ3v) is 7.81. The monoisotopic (exact) mass is 672 g/mol. The van der Waals surface area contributed by atoms with Crippen LogP contribution in [0.2, 0.25) is 0 Å². The van der Waals surface area contributed by atoms with Gasteiger partial charge in [0, 0.05) is 17.7 Å². The molecule has 0 spiro atoms. The molecular weight excluding hydrogens is 630 g/mol. The van der Waals surface area contributed by atoms with Gasteiger partial charge >= 0.3 is 18.4 Å². The molecule has 1 saturated heterocycles. The first-order valence-corrected chi connectivity index (χ1v) is 15.6. The lowest BCUT2D eigenvalue weighted by Crippen LogP contribution is -2.54. The van der Waals surface area contributed by atoms with Crippen LogP contribution in [0.4, 0.5) is 31.1 Å². The van der Waals surface area contributed by atoms with Crippen molar-refractivity contribution in [2.24, 2.45) is 0 Å². The van der Waals surface area contributed by atoms with Crippen molar-refractivity contribution in [1.29, 1.82) is 0 Å². The summed E-state index contributed by atoms with van der Waals surface area (Å²) in [4.78, 5) is 27.2. The largest absolute Gasteiger partial charge is 0.493 e. The quantitative estimate of drug-likeness (QED) is 0.113. The van der Waals surface area contributed by atoms with E-state index in [4.69, 9.17) is 9.47 Å². The Morgan fingerprint density at radius 2 is 1.62 bits per heavy atom. The summed E-state index contributed by atoms with van der Waals surface area (Å²) < 4.78 is 94.0. The fourth-order valence-electron chi connectivity index (χ4n) is 5.32. The van der Waals surface area contributed by atoms with Crippen molar-refractivity contribution in [3.63, 3.8) is 0 Å². The highest BCUT2D eigenvalue weighted by molar-refractivity contribution is 6.07. The topological polar surface area (TPSA) is 88.1 Å². The molecule has 1 atom stereocenters. The summed E-state index contributed by atoms with van der Waals surface area (Å²) in [6, 6.07) is 7.66. The van der Waals surface area contributed by atoms with Gasteiger partial charge in [-0.3, -0.25) is 9.69 Å². The number of benzene rings is 2. The molecule has 1 unspecified atom stereocenters. The second-order valence-corrected chi connectivity index (χ2v) is 12.0. The third-order valence-electron chi connectivity index (χ3n) is 7.81. The smallest absolute Gasteiger partial charge is 0.430 e. The van der Waals surface area contributed by atoms with E-state index in [1.165, 1.54) is 6.08 Å². The lowest BCUT2D eigenvalue weighted by molar-refractivity contribution is -0.376. The normalized spacial score (nSPS) is 17.6. The number of aliphatic hydroxyl groups is 1. The number of alkyl halides is 6. The summed E-state index contributed by atoms with van der Waals surface area (Å²) in [6.07, 6.45) is -6.78. The molecule has 0 saturated carbocycles. The number of hydrogen-bond donors (Lipinski definition) is 2. The van der Waals surface area contributed by atoms with Gasteiger partial charge in [0.05, 0.1) is 12.7 Å². The van der Waals surface area contributed by atoms with Crippen molar-refractivity contribution in [1.82, 2.24) is 10.2 Å². The minimum atomic E-state index is -6.03. The van der Waals surface area contributed by atoms with Crippen LogP contribution in [0.5, 0.6) is 11.5 Å². The molecule has 0 aliphatic carbocycles. The van der Waals surface area contributed by atoms with E-state index in [0.29, 0.717) is 55.5 Å². The van der Waals surface area contributed by atoms with Gasteiger partial charge in [-0.25, -0.2) is 4.79 Å². The maximum Gasteiger partial charge on any atom is 0.430 e. The van der Waals surface area contributed by atoms with Crippen molar-refractivity contribution >= 4 is 18.0 Å². The SMILES string of the molecule is CCC/C=C/c1cc(C(O)(C(F)(F)F)C(F)(F)F)cc(CCC)c1OCCCCN1C(=O)NC(C)(c2ccc(OC(C)C)cc2)C1=O. The van der Waals surface area contributed by atoms with Gasteiger partial charge in [-0.2, -0.15) is 26.3 Å². The van der Waals surface area contributed by atoms with E-state index in [9.17, 15) is 41.0 Å². The summed E-state index contributed by atoms with van der Waals surface area (Å²) in [7, 11) is 0. The van der Waals surface area contributed by atoms with Gasteiger partial charge in [-0.15, -0.1) is 0 Å². The molecule has 1 heterocycles. The van der Waals surface area contributed by atoms with Crippen molar-refractivity contribution in [2.45, 2.75) is 103 Å². The van der Waals surface area contributed by atoms with E-state index in [1.807, 2.05) is 20.8 Å². The Kier molecular flexibility index (Phi) is 12.0. The zero-order chi connectivity index (χ0) is 35.2. The van der Waals surface area contributed by atoms with E-state index >= 15 is 0 Å². The van der Waals surface area contributed by atoms with Crippen LogP contribution in [0.15, 0.2) is 42.5 Å². The van der Waals surface area contributed by atoms with Gasteiger partial charge in [0.1, 0.15) is 17.0 Å². The summed E-state index contributed by atoms with van der Waals surface area (Å²) in [5.74, 6) is 0.298. The minimum absolute atomic E-state index is 0.00567. The number of amides is 3. The average Bonchev–Trinajstić information content (AvgIpc) is 3.20. The highest BCUT2D eigenvalue weighted by Gasteiger charge is 2.71. The number of nitrogens with zero attached hydrogens (tertiary/aromatic N) is 1. The highest BCUT2D eigenvalue weighted by Crippen LogP contribution is 2.51. The van der Waals surface area contributed by atoms with Gasteiger partial charge in [-0.1, -0.05) is 51.0 Å². The molecule has 1 aliphatic rings. The fraction of sp³-hybridized carbons (Fsp3) is 0.529. The maximum absolute atomic E-state index is 13.7. The van der Waals surface area contributed by atoms with Crippen LogP contribution in [0.25, 0.3) is 6.08 Å². The number of urea groups is 1. The number of halogens is 6. The van der Waals surface area contributed by atoms with Gasteiger partial charge in [0.25, 0.3) is 11.5 Å². The Balaban J connectivity index is 1.77. The van der Waals surface area contributed by atoms with Crippen LogP contribution in [-0.2, 0) is 22.4 Å². The predicted octanol–water partition coefficient (Wildman–Crippen LogP) is 8.18. The van der Waals surface area contributed by atoms with E-state index in [2.05, 4.69) is 5.32 Å². The first-order valence-electron chi connectivity index (χ1n) is 15.6. The summed E-state index contributed by atoms with van der Waals surface area (Å²) in [5.41, 5.74) is -7.06. The van der Waals surface area contributed by atoms with E-state index in [-0.39, 0.29) is 42.6 Å². The molecule has 0 aromatic heterocycles. The fourth-order valence-corrected chi connectivity index (χ4v) is 5.32. The van der Waals surface area contributed by atoms with Crippen molar-refractivity contribution in [3.05, 3.63) is 64.7 Å². The third kappa shape index (κ3) is 8.22. The average molecular weight is 673 g/mol. The van der Waals surface area contributed by atoms with Crippen LogP contribution in [0.1, 0.15) is 89.0 Å². The minimum Gasteiger partial charge on any atom is -0.493 e. The lowest BCUT2D eigenvalue weighted by Gasteiger charge is -2.33. The number of carbonyl (C=O) groups excluding carboxylic acids is 2. The van der Waals surface area contributed by atoms with Crippen LogP contribution >= 0.6 is 0 Å². The van der Waals surface area contributed by atoms with Gasteiger partial charge < -0.3 is 19.9 Å². The van der Waals surface area contributed by atoms with Crippen molar-refractivity contribution < 1.29 is 50.5 Å². The molecule has 2 N–H and O–H groups in total. The molecule has 7 nitrogen and oxygen atoms in total. The Morgan fingerprint density at radius 1 is 0.979 bits per heavy atom. The number of aryl methyl sites for hydroxylation is 1. The van der Waals surface area contributed by atoms with Gasteiger partial charge in [0.15, 0.2) is 0 Å². The number of rotatable bonds is 15. The van der Waals surface area contributed by atoms with Crippen LogP contribution in [0, 0.1) is 0 Å². The Bertz CT molecular complexity index is 1410. The summed E-state index contributed by atoms with van der Waals surface area (Å²) in [6.45, 7) is 9.02. The molecule has 1 aliphatic heterocycles. The second-order valence-electron chi connectivity index (χ2n) is 12.0. The van der Waals surface area contributed by atoms with Crippen LogP contribution in [0.3, 0.4) is 0 Å². The van der Waals surface area contributed by atoms with Crippen molar-refractivity contribution in [2.75, 3.05) is 13.2 Å². The predicted molar refractivity (Wildman–Crippen MR) is 165 cm³/mol. The summed E-state index contributed by atoms with van der Waals surface area (Å²) in [5, 5.41) is 12.8. The zero-order valence-electron chi connectivity index (χ0n) is 27.1. The molecule has 0 radical (unpaired) electrons. The van der Waals surface area contributed by atoms with Gasteiger partial charge in [0.2, 0.25) is 0 Å². The molecule has 2 aromatic carbocycles. The van der Waals surface area contributed by atoms with E-state index in [1.54, 1.807) is 44.2 Å². The zero-order valence-corrected chi connectivity index (χ0v) is 27.1. The number of carbonyl (C=O) groups is 2. The number of allylic oxidation sites excluding steroid dienone is 1. The highest BCUT2D eigenvalue weighted by atomic mass is 19.4. The number of unbranched alkanes of at least 4 members (excludes halogenated alkanes) is 2. The first-order chi connectivity index (χ1) is 21.9. The van der Waals surface area contributed by atoms with Crippen LogP contribution < -0.4 is 14.8 Å². The summed E-state index contributed by atoms with van der Waals surface area (Å²) >= 11 is 0. The number of nitrogens with one attached hydrogen (secondary N) is 1. The number of hydrogen-bond acceptors (Lipinski definition) is 5. The maximum atomic E-state index is 13.7. The molecule has 260 valence electrons. The molecular formula is C34H42F6N2O5. The van der Waals surface area contributed by atoms with Crippen molar-refractivity contribution in [3.8, 4) is 11.5 Å². The Hall–Kier alpha value is -3.74. The molecule has 1 fully saturated rings. The van der Waals surface area contributed by atoms with Gasteiger partial charge in [-0.05, 0) is 81.8 Å².